The van der Waals surface area contributed by atoms with E-state index in [0.29, 0.717) is 0 Å². The molecule has 0 aliphatic rings. The number of aryl methyl sites for hydroxylation is 1. The van der Waals surface area contributed by atoms with E-state index in [0.717, 1.165) is 16.6 Å². The summed E-state index contributed by atoms with van der Waals surface area (Å²) in [5.74, 6) is 0. The molecule has 0 spiro atoms. The number of rotatable bonds is 1. The van der Waals surface area contributed by atoms with Crippen molar-refractivity contribution in [1.82, 2.24) is 9.97 Å². The van der Waals surface area contributed by atoms with E-state index < -0.39 is 0 Å². The van der Waals surface area contributed by atoms with E-state index in [4.69, 9.17) is 0 Å². The van der Waals surface area contributed by atoms with Crippen molar-refractivity contribution >= 4 is 42.4 Å². The fourth-order valence-corrected chi connectivity index (χ4v) is 4.53. The third-order valence-electron chi connectivity index (χ3n) is 4.45. The van der Waals surface area contributed by atoms with Gasteiger partial charge in [0, 0.05) is 31.1 Å². The second kappa shape index (κ2) is 5.11. The van der Waals surface area contributed by atoms with E-state index in [-0.39, 0.29) is 0 Å². The summed E-state index contributed by atoms with van der Waals surface area (Å²) in [4.78, 5) is 9.07. The summed E-state index contributed by atoms with van der Waals surface area (Å²) in [6.07, 6.45) is 1.67. The minimum absolute atomic E-state index is 0.998. The van der Waals surface area contributed by atoms with Gasteiger partial charge in [-0.25, -0.2) is 9.97 Å². The molecule has 0 atom stereocenters. The summed E-state index contributed by atoms with van der Waals surface area (Å²) in [7, 11) is 0. The summed E-state index contributed by atoms with van der Waals surface area (Å²) in [5, 5.41) is 3.72. The van der Waals surface area contributed by atoms with Crippen LogP contribution in [0.5, 0.6) is 0 Å². The Morgan fingerprint density at radius 1 is 0.792 bits per heavy atom. The normalized spacial score (nSPS) is 11.5. The zero-order chi connectivity index (χ0) is 16.1. The lowest BCUT2D eigenvalue weighted by Gasteiger charge is -2.07. The molecule has 5 aromatic rings. The van der Waals surface area contributed by atoms with E-state index >= 15 is 0 Å². The highest BCUT2D eigenvalue weighted by molar-refractivity contribution is 7.26. The predicted octanol–water partition coefficient (Wildman–Crippen LogP) is 5.97. The summed E-state index contributed by atoms with van der Waals surface area (Å²) < 4.78 is 2.61. The van der Waals surface area contributed by atoms with Crippen molar-refractivity contribution < 1.29 is 0 Å². The van der Waals surface area contributed by atoms with E-state index in [9.17, 15) is 0 Å². The van der Waals surface area contributed by atoms with Crippen LogP contribution in [0.3, 0.4) is 0 Å². The molecule has 0 saturated heterocycles. The van der Waals surface area contributed by atoms with Gasteiger partial charge in [-0.15, -0.1) is 11.3 Å². The predicted molar refractivity (Wildman–Crippen MR) is 103 cm³/mol. The van der Waals surface area contributed by atoms with E-state index in [1.54, 1.807) is 6.33 Å². The van der Waals surface area contributed by atoms with Gasteiger partial charge in [0.2, 0.25) is 0 Å². The van der Waals surface area contributed by atoms with Crippen LogP contribution >= 0.6 is 11.3 Å². The average Bonchev–Trinajstić information content (AvgIpc) is 3.00. The third kappa shape index (κ3) is 1.95. The van der Waals surface area contributed by atoms with Gasteiger partial charge >= 0.3 is 0 Å². The van der Waals surface area contributed by atoms with Gasteiger partial charge in [-0.2, -0.15) is 0 Å². The second-order valence-corrected chi connectivity index (χ2v) is 7.08. The minimum atomic E-state index is 0.998. The molecule has 5 rings (SSSR count). The molecule has 0 amide bonds. The summed E-state index contributed by atoms with van der Waals surface area (Å²) >= 11 is 1.83. The first-order valence-electron chi connectivity index (χ1n) is 7.93. The molecule has 0 N–H and O–H groups in total. The highest BCUT2D eigenvalue weighted by Crippen LogP contribution is 2.40. The lowest BCUT2D eigenvalue weighted by molar-refractivity contribution is 1.22. The van der Waals surface area contributed by atoms with Crippen molar-refractivity contribution in [3.8, 4) is 11.3 Å². The van der Waals surface area contributed by atoms with Crippen molar-refractivity contribution in [2.45, 2.75) is 6.92 Å². The molecule has 3 heteroatoms. The maximum absolute atomic E-state index is 4.62. The number of benzene rings is 3. The Bertz CT molecular complexity index is 1220. The van der Waals surface area contributed by atoms with Gasteiger partial charge < -0.3 is 0 Å². The summed E-state index contributed by atoms with van der Waals surface area (Å²) in [5.41, 5.74) is 4.41. The van der Waals surface area contributed by atoms with Crippen LogP contribution in [0.15, 0.2) is 67.0 Å². The zero-order valence-electron chi connectivity index (χ0n) is 13.2. The maximum Gasteiger partial charge on any atom is 0.116 e. The average molecular weight is 326 g/mol. The molecule has 0 aliphatic carbocycles. The maximum atomic E-state index is 4.62. The first-order valence-corrected chi connectivity index (χ1v) is 8.75. The summed E-state index contributed by atoms with van der Waals surface area (Å²) in [6, 6.07) is 21.4. The lowest BCUT2D eigenvalue weighted by atomic mass is 10.0. The first kappa shape index (κ1) is 13.6. The molecular weight excluding hydrogens is 312 g/mol. The quantitative estimate of drug-likeness (QED) is 0.379. The Labute approximate surface area is 143 Å². The third-order valence-corrected chi connectivity index (χ3v) is 5.67. The van der Waals surface area contributed by atoms with Crippen LogP contribution in [0.1, 0.15) is 5.56 Å². The Kier molecular flexibility index (Phi) is 2.91. The Morgan fingerprint density at radius 2 is 1.67 bits per heavy atom. The minimum Gasteiger partial charge on any atom is -0.236 e. The van der Waals surface area contributed by atoms with Gasteiger partial charge in [0.05, 0.1) is 11.2 Å². The summed E-state index contributed by atoms with van der Waals surface area (Å²) in [6.45, 7) is 2.09. The molecule has 24 heavy (non-hydrogen) atoms. The molecule has 0 radical (unpaired) electrons. The SMILES string of the molecule is Cc1ccc2c(-c3cccc4c3sc3ccccc34)ncnc2c1. The van der Waals surface area contributed by atoms with Crippen LogP contribution in [-0.4, -0.2) is 9.97 Å². The van der Waals surface area contributed by atoms with Crippen LogP contribution < -0.4 is 0 Å². The molecule has 2 aromatic heterocycles. The number of thiophene rings is 1. The van der Waals surface area contributed by atoms with Crippen molar-refractivity contribution in [2.75, 3.05) is 0 Å². The molecule has 2 heterocycles. The Morgan fingerprint density at radius 3 is 2.62 bits per heavy atom. The number of fused-ring (bicyclic) bond motifs is 4. The molecule has 0 saturated carbocycles. The van der Waals surface area contributed by atoms with Gasteiger partial charge in [0.25, 0.3) is 0 Å². The molecule has 2 nitrogen and oxygen atoms in total. The molecule has 0 unspecified atom stereocenters. The molecule has 0 bridgehead atoms. The topological polar surface area (TPSA) is 25.8 Å². The lowest BCUT2D eigenvalue weighted by Crippen LogP contribution is -1.89. The Balaban J connectivity index is 1.90. The first-order chi connectivity index (χ1) is 11.8. The highest BCUT2D eigenvalue weighted by atomic mass is 32.1. The van der Waals surface area contributed by atoms with Gasteiger partial charge in [0.1, 0.15) is 6.33 Å². The highest BCUT2D eigenvalue weighted by Gasteiger charge is 2.13. The monoisotopic (exact) mass is 326 g/mol. The van der Waals surface area contributed by atoms with Crippen LogP contribution in [0, 0.1) is 6.92 Å². The van der Waals surface area contributed by atoms with Crippen LogP contribution in [0.2, 0.25) is 0 Å². The number of aromatic nitrogens is 2. The van der Waals surface area contributed by atoms with Crippen LogP contribution in [0.25, 0.3) is 42.3 Å². The van der Waals surface area contributed by atoms with Crippen LogP contribution in [-0.2, 0) is 0 Å². The van der Waals surface area contributed by atoms with Crippen molar-refractivity contribution in [1.29, 1.82) is 0 Å². The van der Waals surface area contributed by atoms with Gasteiger partial charge in [-0.05, 0) is 24.6 Å². The van der Waals surface area contributed by atoms with Crippen molar-refractivity contribution in [2.24, 2.45) is 0 Å². The van der Waals surface area contributed by atoms with Crippen LogP contribution in [0.4, 0.5) is 0 Å². The number of nitrogens with zero attached hydrogens (tertiary/aromatic N) is 2. The molecule has 0 aliphatic heterocycles. The molecular formula is C21H14N2S. The number of hydrogen-bond donors (Lipinski definition) is 0. The number of hydrogen-bond acceptors (Lipinski definition) is 3. The van der Waals surface area contributed by atoms with Crippen molar-refractivity contribution in [3.05, 3.63) is 72.6 Å². The fraction of sp³-hybridized carbons (Fsp3) is 0.0476. The zero-order valence-corrected chi connectivity index (χ0v) is 14.0. The molecule has 3 aromatic carbocycles. The van der Waals surface area contributed by atoms with Gasteiger partial charge in [-0.1, -0.05) is 48.5 Å². The van der Waals surface area contributed by atoms with E-state index in [1.807, 2.05) is 11.3 Å². The second-order valence-electron chi connectivity index (χ2n) is 6.02. The largest absolute Gasteiger partial charge is 0.236 e. The molecule has 114 valence electrons. The fourth-order valence-electron chi connectivity index (χ4n) is 3.32. The van der Waals surface area contributed by atoms with Crippen molar-refractivity contribution in [3.63, 3.8) is 0 Å². The van der Waals surface area contributed by atoms with E-state index in [2.05, 4.69) is 77.6 Å². The van der Waals surface area contributed by atoms with E-state index in [1.165, 1.54) is 31.3 Å². The molecule has 0 fully saturated rings. The van der Waals surface area contributed by atoms with Gasteiger partial charge in [-0.3, -0.25) is 0 Å². The smallest absolute Gasteiger partial charge is 0.116 e. The standard InChI is InChI=1S/C21H14N2S/c1-13-9-10-16-18(11-13)22-12-23-20(16)17-7-4-6-15-14-5-2-3-8-19(14)24-21(15)17/h2-12H,1H3. The van der Waals surface area contributed by atoms with Gasteiger partial charge in [0.15, 0.2) is 0 Å². The Hall–Kier alpha value is -2.78.